The minimum absolute atomic E-state index is 0.155. The minimum Gasteiger partial charge on any atom is -0.493 e. The molecule has 1 aromatic carbocycles. The molecule has 2 aromatic heterocycles. The summed E-state index contributed by atoms with van der Waals surface area (Å²) < 4.78 is 7.66. The average Bonchev–Trinajstić information content (AvgIpc) is 3.15. The Labute approximate surface area is 190 Å². The van der Waals surface area contributed by atoms with Gasteiger partial charge in [-0.2, -0.15) is 0 Å². The smallest absolute Gasteiger partial charge is 0.234 e. The summed E-state index contributed by atoms with van der Waals surface area (Å²) in [5.74, 6) is 1.92. The van der Waals surface area contributed by atoms with Gasteiger partial charge in [0.25, 0.3) is 0 Å². The number of halogens is 1. The number of nitrogens with zero attached hydrogens (tertiary/aromatic N) is 4. The molecular formula is C22H24ClN5O2S. The number of carbonyl (C=O) groups is 1. The van der Waals surface area contributed by atoms with Crippen molar-refractivity contribution in [1.82, 2.24) is 19.7 Å². The van der Waals surface area contributed by atoms with Crippen LogP contribution in [0.2, 0.25) is 5.15 Å². The summed E-state index contributed by atoms with van der Waals surface area (Å²) in [4.78, 5) is 16.3. The highest BCUT2D eigenvalue weighted by atomic mass is 35.5. The number of amides is 1. The fourth-order valence-corrected chi connectivity index (χ4v) is 3.58. The maximum Gasteiger partial charge on any atom is 0.234 e. The molecule has 0 spiro atoms. The molecule has 1 N–H and O–H groups in total. The summed E-state index contributed by atoms with van der Waals surface area (Å²) in [5.41, 5.74) is 1.38. The molecule has 0 aliphatic heterocycles. The average molecular weight is 458 g/mol. The van der Waals surface area contributed by atoms with Crippen molar-refractivity contribution in [1.29, 1.82) is 0 Å². The monoisotopic (exact) mass is 457 g/mol. The Morgan fingerprint density at radius 3 is 2.74 bits per heavy atom. The quantitative estimate of drug-likeness (QED) is 0.263. The number of pyridine rings is 1. The van der Waals surface area contributed by atoms with E-state index >= 15 is 0 Å². The van der Waals surface area contributed by atoms with Crippen LogP contribution in [0.3, 0.4) is 0 Å². The molecule has 7 nitrogen and oxygen atoms in total. The molecule has 0 atom stereocenters. The Bertz CT molecular complexity index is 1040. The zero-order chi connectivity index (χ0) is 22.2. The third-order valence-corrected chi connectivity index (χ3v) is 5.36. The highest BCUT2D eigenvalue weighted by Gasteiger charge is 2.16. The van der Waals surface area contributed by atoms with Gasteiger partial charge in [0.2, 0.25) is 5.91 Å². The molecule has 162 valence electrons. The Balaban J connectivity index is 1.69. The van der Waals surface area contributed by atoms with Crippen LogP contribution in [-0.2, 0) is 11.3 Å². The van der Waals surface area contributed by atoms with Crippen LogP contribution in [0.1, 0.15) is 13.8 Å². The number of allylic oxidation sites excluding steroid dienone is 1. The van der Waals surface area contributed by atoms with E-state index in [9.17, 15) is 4.79 Å². The van der Waals surface area contributed by atoms with E-state index < -0.39 is 0 Å². The van der Waals surface area contributed by atoms with E-state index in [0.717, 1.165) is 11.3 Å². The predicted octanol–water partition coefficient (Wildman–Crippen LogP) is 4.95. The number of anilines is 1. The van der Waals surface area contributed by atoms with Crippen molar-refractivity contribution in [3.63, 3.8) is 0 Å². The topological polar surface area (TPSA) is 81.9 Å². The van der Waals surface area contributed by atoms with E-state index in [0.29, 0.717) is 35.7 Å². The summed E-state index contributed by atoms with van der Waals surface area (Å²) >= 11 is 7.28. The van der Waals surface area contributed by atoms with Crippen molar-refractivity contribution in [3.05, 3.63) is 60.4 Å². The minimum atomic E-state index is -0.207. The number of nitrogens with one attached hydrogen (secondary N) is 1. The number of hydrogen-bond acceptors (Lipinski definition) is 6. The Morgan fingerprint density at radius 2 is 2.06 bits per heavy atom. The van der Waals surface area contributed by atoms with Gasteiger partial charge < -0.3 is 10.1 Å². The number of thioether (sulfide) groups is 1. The number of hydrogen-bond donors (Lipinski definition) is 1. The van der Waals surface area contributed by atoms with Gasteiger partial charge in [0, 0.05) is 18.3 Å². The lowest BCUT2D eigenvalue weighted by Crippen LogP contribution is -2.15. The molecule has 3 rings (SSSR count). The van der Waals surface area contributed by atoms with E-state index in [1.54, 1.807) is 24.4 Å². The first-order valence-corrected chi connectivity index (χ1v) is 11.1. The number of aromatic nitrogens is 4. The van der Waals surface area contributed by atoms with Crippen LogP contribution < -0.4 is 10.1 Å². The number of ether oxygens (including phenoxy) is 1. The summed E-state index contributed by atoms with van der Waals surface area (Å²) in [6.45, 7) is 9.22. The van der Waals surface area contributed by atoms with Crippen molar-refractivity contribution in [2.75, 3.05) is 17.7 Å². The second-order valence-corrected chi connectivity index (χ2v) is 8.41. The van der Waals surface area contributed by atoms with Crippen molar-refractivity contribution >= 4 is 35.0 Å². The van der Waals surface area contributed by atoms with Crippen molar-refractivity contribution in [3.8, 4) is 17.1 Å². The van der Waals surface area contributed by atoms with Crippen LogP contribution in [0.5, 0.6) is 5.75 Å². The first-order chi connectivity index (χ1) is 15.0. The zero-order valence-electron chi connectivity index (χ0n) is 17.4. The number of carbonyl (C=O) groups excluding carboxylic acids is 1. The van der Waals surface area contributed by atoms with E-state index in [1.807, 2.05) is 28.8 Å². The lowest BCUT2D eigenvalue weighted by Gasteiger charge is -2.10. The third-order valence-electron chi connectivity index (χ3n) is 4.09. The molecule has 0 bridgehead atoms. The van der Waals surface area contributed by atoms with Gasteiger partial charge in [-0.1, -0.05) is 43.3 Å². The second kappa shape index (κ2) is 11.0. The largest absolute Gasteiger partial charge is 0.493 e. The van der Waals surface area contributed by atoms with Gasteiger partial charge in [-0.25, -0.2) is 4.98 Å². The highest BCUT2D eigenvalue weighted by Crippen LogP contribution is 2.26. The van der Waals surface area contributed by atoms with Crippen molar-refractivity contribution < 1.29 is 9.53 Å². The highest BCUT2D eigenvalue weighted by molar-refractivity contribution is 7.99. The molecular weight excluding hydrogens is 434 g/mol. The van der Waals surface area contributed by atoms with E-state index in [2.05, 4.69) is 40.9 Å². The fourth-order valence-electron chi connectivity index (χ4n) is 2.66. The summed E-state index contributed by atoms with van der Waals surface area (Å²) in [6.07, 6.45) is 3.33. The lowest BCUT2D eigenvalue weighted by atomic mass is 10.2. The van der Waals surface area contributed by atoms with Crippen LogP contribution >= 0.6 is 23.4 Å². The van der Waals surface area contributed by atoms with E-state index in [4.69, 9.17) is 16.3 Å². The van der Waals surface area contributed by atoms with Gasteiger partial charge >= 0.3 is 0 Å². The molecule has 0 fully saturated rings. The van der Waals surface area contributed by atoms with Crippen LogP contribution in [0.15, 0.2) is 60.4 Å². The van der Waals surface area contributed by atoms with Crippen molar-refractivity contribution in [2.24, 2.45) is 5.92 Å². The van der Waals surface area contributed by atoms with Crippen LogP contribution in [-0.4, -0.2) is 38.0 Å². The summed E-state index contributed by atoms with van der Waals surface area (Å²) in [5, 5.41) is 12.2. The maximum absolute atomic E-state index is 12.3. The van der Waals surface area contributed by atoms with Crippen molar-refractivity contribution in [2.45, 2.75) is 25.5 Å². The lowest BCUT2D eigenvalue weighted by molar-refractivity contribution is -0.113. The standard InChI is InChI=1S/C22H24ClN5O2S/c1-4-12-28-21(16-7-9-17(10-8-16)30-13-15(2)3)26-27-22(28)31-14-19(29)25-18-6-5-11-24-20(18)23/h4-11,15H,1,12-14H2,2-3H3,(H,25,29). The third kappa shape index (κ3) is 6.32. The Kier molecular flexibility index (Phi) is 8.08. The Morgan fingerprint density at radius 1 is 1.29 bits per heavy atom. The first kappa shape index (κ1) is 22.8. The molecule has 0 saturated carbocycles. The molecule has 0 aliphatic rings. The fraction of sp³-hybridized carbons (Fsp3) is 0.273. The molecule has 9 heteroatoms. The molecule has 0 radical (unpaired) electrons. The predicted molar refractivity (Wildman–Crippen MR) is 125 cm³/mol. The Hall–Kier alpha value is -2.84. The molecule has 1 amide bonds. The zero-order valence-corrected chi connectivity index (χ0v) is 19.0. The van der Waals surface area contributed by atoms with E-state index in [1.165, 1.54) is 11.8 Å². The summed E-state index contributed by atoms with van der Waals surface area (Å²) in [7, 11) is 0. The van der Waals surface area contributed by atoms with Gasteiger partial charge in [0.05, 0.1) is 18.0 Å². The molecule has 31 heavy (non-hydrogen) atoms. The van der Waals surface area contributed by atoms with E-state index in [-0.39, 0.29) is 16.8 Å². The molecule has 3 aromatic rings. The molecule has 0 saturated heterocycles. The number of benzene rings is 1. The normalized spacial score (nSPS) is 10.8. The van der Waals surface area contributed by atoms with Gasteiger partial charge in [-0.05, 0) is 42.3 Å². The van der Waals surface area contributed by atoms with Crippen LogP contribution in [0.25, 0.3) is 11.4 Å². The maximum atomic E-state index is 12.3. The van der Waals surface area contributed by atoms with Gasteiger partial charge in [-0.3, -0.25) is 9.36 Å². The molecule has 2 heterocycles. The summed E-state index contributed by atoms with van der Waals surface area (Å²) in [6, 6.07) is 11.1. The van der Waals surface area contributed by atoms with Gasteiger partial charge in [-0.15, -0.1) is 16.8 Å². The van der Waals surface area contributed by atoms with Crippen LogP contribution in [0.4, 0.5) is 5.69 Å². The first-order valence-electron chi connectivity index (χ1n) is 9.78. The second-order valence-electron chi connectivity index (χ2n) is 7.11. The SMILES string of the molecule is C=CCn1c(SCC(=O)Nc2cccnc2Cl)nnc1-c1ccc(OCC(C)C)cc1. The molecule has 0 unspecified atom stereocenters. The van der Waals surface area contributed by atoms with Gasteiger partial charge in [0.1, 0.15) is 5.75 Å². The van der Waals surface area contributed by atoms with Crippen LogP contribution in [0, 0.1) is 5.92 Å². The molecule has 0 aliphatic carbocycles. The van der Waals surface area contributed by atoms with Gasteiger partial charge in [0.15, 0.2) is 16.1 Å². The number of rotatable bonds is 10.